The molecule has 1 aliphatic rings. The van der Waals surface area contributed by atoms with Crippen molar-refractivity contribution in [3.05, 3.63) is 77.1 Å². The Kier molecular flexibility index (Phi) is 4.33. The Hall–Kier alpha value is -2.42. The molecule has 1 atom stereocenters. The van der Waals surface area contributed by atoms with Crippen molar-refractivity contribution in [2.45, 2.75) is 25.3 Å². The number of nitrogens with one attached hydrogen (secondary N) is 1. The number of hydrogen-bond acceptors (Lipinski definition) is 1. The number of carbonyl (C=O) groups excluding carboxylic acids is 1. The molecular weight excluding hydrogens is 277 g/mol. The van der Waals surface area contributed by atoms with Gasteiger partial charge >= 0.3 is 0 Å². The van der Waals surface area contributed by atoms with Crippen LogP contribution in [-0.4, -0.2) is 5.91 Å². The number of fused-ring (bicyclic) bond motifs is 1. The molecule has 0 heterocycles. The van der Waals surface area contributed by atoms with E-state index in [1.165, 1.54) is 29.3 Å². The number of halogens is 1. The molecule has 0 radical (unpaired) electrons. The van der Waals surface area contributed by atoms with E-state index in [2.05, 4.69) is 17.4 Å². The number of amides is 1. The maximum Gasteiger partial charge on any atom is 0.244 e. The average Bonchev–Trinajstić information content (AvgIpc) is 2.53. The van der Waals surface area contributed by atoms with Gasteiger partial charge in [-0.2, -0.15) is 0 Å². The molecule has 1 aliphatic carbocycles. The van der Waals surface area contributed by atoms with E-state index in [-0.39, 0.29) is 17.8 Å². The van der Waals surface area contributed by atoms with E-state index in [1.807, 2.05) is 12.1 Å². The zero-order valence-electron chi connectivity index (χ0n) is 12.3. The summed E-state index contributed by atoms with van der Waals surface area (Å²) in [7, 11) is 0. The van der Waals surface area contributed by atoms with Crippen LogP contribution in [0.15, 0.2) is 54.6 Å². The SMILES string of the molecule is O=C(/C=C/c1cccc(F)c1)NC1CCCc2ccccc21. The molecule has 22 heavy (non-hydrogen) atoms. The molecule has 0 saturated carbocycles. The number of hydrogen-bond donors (Lipinski definition) is 1. The predicted octanol–water partition coefficient (Wildman–Crippen LogP) is 4.03. The minimum absolute atomic E-state index is 0.0645. The molecule has 0 saturated heterocycles. The Balaban J connectivity index is 1.68. The molecule has 0 aliphatic heterocycles. The van der Waals surface area contributed by atoms with Crippen molar-refractivity contribution in [3.63, 3.8) is 0 Å². The minimum atomic E-state index is -0.302. The van der Waals surface area contributed by atoms with E-state index in [1.54, 1.807) is 18.2 Å². The first-order chi connectivity index (χ1) is 10.7. The lowest BCUT2D eigenvalue weighted by Crippen LogP contribution is -2.29. The van der Waals surface area contributed by atoms with Crippen molar-refractivity contribution in [1.29, 1.82) is 0 Å². The highest BCUT2D eigenvalue weighted by atomic mass is 19.1. The summed E-state index contributed by atoms with van der Waals surface area (Å²) in [5, 5.41) is 3.04. The first-order valence-corrected chi connectivity index (χ1v) is 7.54. The average molecular weight is 295 g/mol. The van der Waals surface area contributed by atoms with Crippen molar-refractivity contribution in [3.8, 4) is 0 Å². The van der Waals surface area contributed by atoms with Gasteiger partial charge in [0.15, 0.2) is 0 Å². The zero-order valence-corrected chi connectivity index (χ0v) is 12.3. The third-order valence-corrected chi connectivity index (χ3v) is 3.96. The Labute approximate surface area is 129 Å². The molecule has 1 amide bonds. The molecule has 2 nitrogen and oxygen atoms in total. The molecule has 0 spiro atoms. The van der Waals surface area contributed by atoms with Gasteiger partial charge < -0.3 is 5.32 Å². The molecule has 0 fully saturated rings. The Morgan fingerprint density at radius 1 is 1.18 bits per heavy atom. The lowest BCUT2D eigenvalue weighted by atomic mass is 9.88. The summed E-state index contributed by atoms with van der Waals surface area (Å²) in [6, 6.07) is 14.5. The first-order valence-electron chi connectivity index (χ1n) is 7.54. The van der Waals surface area contributed by atoms with Crippen LogP contribution in [0.2, 0.25) is 0 Å². The van der Waals surface area contributed by atoms with E-state index in [0.717, 1.165) is 19.3 Å². The van der Waals surface area contributed by atoms with Gasteiger partial charge in [0.25, 0.3) is 0 Å². The van der Waals surface area contributed by atoms with E-state index in [9.17, 15) is 9.18 Å². The molecule has 1 N–H and O–H groups in total. The molecule has 3 rings (SSSR count). The predicted molar refractivity (Wildman–Crippen MR) is 85.7 cm³/mol. The fourth-order valence-electron chi connectivity index (χ4n) is 2.91. The molecule has 112 valence electrons. The third kappa shape index (κ3) is 3.42. The maximum absolute atomic E-state index is 13.1. The van der Waals surface area contributed by atoms with Crippen LogP contribution in [0.4, 0.5) is 4.39 Å². The summed E-state index contributed by atoms with van der Waals surface area (Å²) < 4.78 is 13.1. The topological polar surface area (TPSA) is 29.1 Å². The highest BCUT2D eigenvalue weighted by molar-refractivity contribution is 5.92. The standard InChI is InChI=1S/C19H18FNO/c20-16-8-3-5-14(13-16)11-12-19(22)21-18-10-4-7-15-6-1-2-9-17(15)18/h1-3,5-6,8-9,11-13,18H,4,7,10H2,(H,21,22)/b12-11+. The van der Waals surface area contributed by atoms with Crippen LogP contribution in [0.3, 0.4) is 0 Å². The lowest BCUT2D eigenvalue weighted by molar-refractivity contribution is -0.117. The van der Waals surface area contributed by atoms with Gasteiger partial charge in [-0.3, -0.25) is 4.79 Å². The fourth-order valence-corrected chi connectivity index (χ4v) is 2.91. The van der Waals surface area contributed by atoms with Crippen LogP contribution in [0.1, 0.15) is 35.6 Å². The van der Waals surface area contributed by atoms with Crippen LogP contribution >= 0.6 is 0 Å². The number of rotatable bonds is 3. The molecule has 0 aromatic heterocycles. The quantitative estimate of drug-likeness (QED) is 0.851. The Morgan fingerprint density at radius 2 is 2.05 bits per heavy atom. The van der Waals surface area contributed by atoms with Crippen molar-refractivity contribution in [2.75, 3.05) is 0 Å². The summed E-state index contributed by atoms with van der Waals surface area (Å²) in [6.07, 6.45) is 6.20. The normalized spacial score (nSPS) is 17.2. The van der Waals surface area contributed by atoms with E-state index >= 15 is 0 Å². The van der Waals surface area contributed by atoms with E-state index in [0.29, 0.717) is 5.56 Å². The van der Waals surface area contributed by atoms with Gasteiger partial charge in [-0.25, -0.2) is 4.39 Å². The summed E-state index contributed by atoms with van der Waals surface area (Å²) in [5.74, 6) is -0.449. The van der Waals surface area contributed by atoms with Gasteiger partial charge in [-0.15, -0.1) is 0 Å². The molecule has 2 aromatic carbocycles. The second-order valence-electron chi connectivity index (χ2n) is 5.54. The van der Waals surface area contributed by atoms with Gasteiger partial charge in [-0.1, -0.05) is 36.4 Å². The summed E-state index contributed by atoms with van der Waals surface area (Å²) in [5.41, 5.74) is 3.20. The molecular formula is C19H18FNO. The lowest BCUT2D eigenvalue weighted by Gasteiger charge is -2.25. The summed E-state index contributed by atoms with van der Waals surface area (Å²) in [6.45, 7) is 0. The smallest absolute Gasteiger partial charge is 0.244 e. The van der Waals surface area contributed by atoms with Gasteiger partial charge in [0.2, 0.25) is 5.91 Å². The Bertz CT molecular complexity index is 708. The second kappa shape index (κ2) is 6.56. The van der Waals surface area contributed by atoms with Crippen LogP contribution in [0, 0.1) is 5.82 Å². The van der Waals surface area contributed by atoms with Gasteiger partial charge in [0.1, 0.15) is 5.82 Å². The molecule has 1 unspecified atom stereocenters. The first kappa shape index (κ1) is 14.5. The van der Waals surface area contributed by atoms with Crippen LogP contribution in [-0.2, 0) is 11.2 Å². The maximum atomic E-state index is 13.1. The van der Waals surface area contributed by atoms with Gasteiger partial charge in [0, 0.05) is 6.08 Å². The van der Waals surface area contributed by atoms with Crippen molar-refractivity contribution < 1.29 is 9.18 Å². The zero-order chi connectivity index (χ0) is 15.4. The number of carbonyl (C=O) groups is 1. The summed E-state index contributed by atoms with van der Waals surface area (Å²) >= 11 is 0. The van der Waals surface area contributed by atoms with Crippen LogP contribution < -0.4 is 5.32 Å². The van der Waals surface area contributed by atoms with Crippen LogP contribution in [0.5, 0.6) is 0 Å². The fraction of sp³-hybridized carbons (Fsp3) is 0.211. The monoisotopic (exact) mass is 295 g/mol. The molecule has 3 heteroatoms. The highest BCUT2D eigenvalue weighted by Crippen LogP contribution is 2.29. The van der Waals surface area contributed by atoms with Crippen LogP contribution in [0.25, 0.3) is 6.08 Å². The van der Waals surface area contributed by atoms with Crippen molar-refractivity contribution in [2.24, 2.45) is 0 Å². The number of benzene rings is 2. The minimum Gasteiger partial charge on any atom is -0.346 e. The van der Waals surface area contributed by atoms with Gasteiger partial charge in [0.05, 0.1) is 6.04 Å². The third-order valence-electron chi connectivity index (χ3n) is 3.96. The molecule has 0 bridgehead atoms. The Morgan fingerprint density at radius 3 is 2.91 bits per heavy atom. The second-order valence-corrected chi connectivity index (χ2v) is 5.54. The highest BCUT2D eigenvalue weighted by Gasteiger charge is 2.20. The number of aryl methyl sites for hydroxylation is 1. The van der Waals surface area contributed by atoms with Crippen molar-refractivity contribution >= 4 is 12.0 Å². The summed E-state index contributed by atoms with van der Waals surface area (Å²) in [4.78, 5) is 12.1. The van der Waals surface area contributed by atoms with E-state index < -0.39 is 0 Å². The van der Waals surface area contributed by atoms with E-state index in [4.69, 9.17) is 0 Å². The van der Waals surface area contributed by atoms with Gasteiger partial charge in [-0.05, 0) is 54.2 Å². The molecule has 2 aromatic rings. The van der Waals surface area contributed by atoms with Crippen molar-refractivity contribution in [1.82, 2.24) is 5.32 Å². The largest absolute Gasteiger partial charge is 0.346 e.